The third-order valence-corrected chi connectivity index (χ3v) is 12.3. The minimum absolute atomic E-state index is 0.0168. The highest BCUT2D eigenvalue weighted by Gasteiger charge is 2.50. The molecule has 0 bridgehead atoms. The van der Waals surface area contributed by atoms with Crippen molar-refractivity contribution < 1.29 is 51.4 Å². The van der Waals surface area contributed by atoms with Crippen molar-refractivity contribution in [3.8, 4) is 0 Å². The van der Waals surface area contributed by atoms with Crippen molar-refractivity contribution >= 4 is 52.9 Å². The monoisotopic (exact) mass is 848 g/mol. The Kier molecular flexibility index (Phi) is 13.8. The number of carbonyl (C=O) groups excluding carboxylic acids is 5. The first-order valence-electron chi connectivity index (χ1n) is 20.3. The van der Waals surface area contributed by atoms with E-state index in [4.69, 9.17) is 31.5 Å². The molecule has 18 heteroatoms. The number of piperidine rings is 3. The maximum atomic E-state index is 14.4. The summed E-state index contributed by atoms with van der Waals surface area (Å²) in [6.45, 7) is 5.78. The molecule has 2 aromatic carbocycles. The first-order chi connectivity index (χ1) is 28.1. The van der Waals surface area contributed by atoms with Crippen LogP contribution in [0.3, 0.4) is 0 Å². The Balaban J connectivity index is 1.16. The highest BCUT2D eigenvalue weighted by Crippen LogP contribution is 2.39. The van der Waals surface area contributed by atoms with Gasteiger partial charge in [-0.15, -0.1) is 0 Å². The minimum Gasteiger partial charge on any atom is -0.466 e. The molecule has 6 rings (SSSR count). The van der Waals surface area contributed by atoms with Gasteiger partial charge in [0.1, 0.15) is 5.54 Å². The van der Waals surface area contributed by atoms with Gasteiger partial charge in [0.2, 0.25) is 0 Å². The Morgan fingerprint density at radius 2 is 1.58 bits per heavy atom. The van der Waals surface area contributed by atoms with Crippen LogP contribution in [-0.2, 0) is 47.6 Å². The number of para-hydroxylation sites is 1. The van der Waals surface area contributed by atoms with E-state index in [2.05, 4.69) is 5.32 Å². The van der Waals surface area contributed by atoms with Gasteiger partial charge in [-0.1, -0.05) is 29.8 Å². The highest BCUT2D eigenvalue weighted by molar-refractivity contribution is 6.33. The number of esters is 2. The SMILES string of the molecule is CCOC(=O)C1CCN(C2(C(=O)OCC)CCN(C(=O)[C@@H](Cc3cc(Cl)c(N)c(C(F)(F)F)c3)OC(=O)N3CCC(N4CCc5ccccc5NC4=O)CC3)CC2)CC1. The summed E-state index contributed by atoms with van der Waals surface area (Å²) in [4.78, 5) is 74.0. The smallest absolute Gasteiger partial charge is 0.418 e. The summed E-state index contributed by atoms with van der Waals surface area (Å²) in [5, 5.41) is 2.61. The van der Waals surface area contributed by atoms with E-state index in [1.165, 1.54) is 15.9 Å². The number of amides is 4. The lowest BCUT2D eigenvalue weighted by Crippen LogP contribution is -2.63. The van der Waals surface area contributed by atoms with Crippen molar-refractivity contribution in [1.82, 2.24) is 19.6 Å². The van der Waals surface area contributed by atoms with Gasteiger partial charge in [-0.05, 0) is 88.1 Å². The fraction of sp³-hybridized carbons (Fsp3) is 0.585. The summed E-state index contributed by atoms with van der Waals surface area (Å²) >= 11 is 6.15. The summed E-state index contributed by atoms with van der Waals surface area (Å²) in [7, 11) is 0. The molecular weight excluding hydrogens is 797 g/mol. The number of nitrogens with two attached hydrogens (primary N) is 1. The fourth-order valence-electron chi connectivity index (χ4n) is 8.73. The zero-order chi connectivity index (χ0) is 42.5. The summed E-state index contributed by atoms with van der Waals surface area (Å²) in [6, 6.07) is 9.23. The second-order valence-electron chi connectivity index (χ2n) is 15.5. The Hall–Kier alpha value is -4.77. The number of fused-ring (bicyclic) bond motifs is 1. The molecule has 3 fully saturated rings. The van der Waals surface area contributed by atoms with Crippen LogP contribution in [-0.4, -0.2) is 126 Å². The molecule has 322 valence electrons. The standard InChI is InChI=1S/C41H52ClF3N6O8/c1-3-57-36(53)28-9-18-50(19-10-28)40(37(54)58-4-2)14-21-48(22-15-40)35(52)33(25-26-23-30(41(43,44)45)34(46)31(42)24-26)59-39(56)49-16-12-29(13-17-49)51-20-11-27-7-5-6-8-32(27)47-38(51)55/h5-8,23-24,28-29,33H,3-4,9-22,25,46H2,1-2H3,(H,47,55)/t33-/m1/s1. The molecule has 4 heterocycles. The number of likely N-dealkylation sites (tertiary alicyclic amines) is 3. The van der Waals surface area contributed by atoms with Gasteiger partial charge in [0.05, 0.1) is 35.4 Å². The van der Waals surface area contributed by atoms with Crippen LogP contribution in [0.5, 0.6) is 0 Å². The molecule has 1 atom stereocenters. The van der Waals surface area contributed by atoms with Gasteiger partial charge in [0.15, 0.2) is 6.10 Å². The number of anilines is 2. The zero-order valence-corrected chi connectivity index (χ0v) is 34.1. The Morgan fingerprint density at radius 3 is 2.22 bits per heavy atom. The second kappa shape index (κ2) is 18.7. The van der Waals surface area contributed by atoms with Crippen LogP contribution in [0.15, 0.2) is 36.4 Å². The molecule has 3 saturated heterocycles. The minimum atomic E-state index is -4.84. The molecular formula is C41H52ClF3N6O8. The van der Waals surface area contributed by atoms with Crippen LogP contribution >= 0.6 is 11.6 Å². The van der Waals surface area contributed by atoms with Crippen molar-refractivity contribution in [2.75, 3.05) is 70.1 Å². The molecule has 3 N–H and O–H groups in total. The number of halogens is 4. The topological polar surface area (TPSA) is 164 Å². The number of hydrogen-bond acceptors (Lipinski definition) is 10. The van der Waals surface area contributed by atoms with Gasteiger partial charge < -0.3 is 40.0 Å². The molecule has 0 radical (unpaired) electrons. The van der Waals surface area contributed by atoms with Gasteiger partial charge in [-0.3, -0.25) is 19.3 Å². The van der Waals surface area contributed by atoms with Crippen molar-refractivity contribution in [2.45, 2.75) is 89.1 Å². The van der Waals surface area contributed by atoms with Gasteiger partial charge >= 0.3 is 30.2 Å². The van der Waals surface area contributed by atoms with Gasteiger partial charge in [0.25, 0.3) is 5.91 Å². The lowest BCUT2D eigenvalue weighted by Gasteiger charge is -2.49. The quantitative estimate of drug-likeness (QED) is 0.171. The molecule has 0 unspecified atom stereocenters. The number of nitrogens with one attached hydrogen (secondary N) is 1. The second-order valence-corrected chi connectivity index (χ2v) is 15.9. The molecule has 0 saturated carbocycles. The number of nitrogens with zero attached hydrogens (tertiary/aromatic N) is 4. The van der Waals surface area contributed by atoms with E-state index in [0.717, 1.165) is 17.3 Å². The average molecular weight is 849 g/mol. The number of nitrogen functional groups attached to an aromatic ring is 1. The number of ether oxygens (including phenoxy) is 3. The lowest BCUT2D eigenvalue weighted by atomic mass is 9.82. The van der Waals surface area contributed by atoms with Gasteiger partial charge in [0, 0.05) is 64.0 Å². The van der Waals surface area contributed by atoms with E-state index in [-0.39, 0.29) is 86.8 Å². The van der Waals surface area contributed by atoms with Crippen LogP contribution < -0.4 is 11.1 Å². The van der Waals surface area contributed by atoms with Crippen LogP contribution in [0.4, 0.5) is 34.1 Å². The van der Waals surface area contributed by atoms with Crippen molar-refractivity contribution in [1.29, 1.82) is 0 Å². The number of benzene rings is 2. The third kappa shape index (κ3) is 9.83. The maximum absolute atomic E-state index is 14.4. The normalized spacial score (nSPS) is 19.9. The molecule has 2 aromatic rings. The van der Waals surface area contributed by atoms with E-state index in [1.54, 1.807) is 18.7 Å². The van der Waals surface area contributed by atoms with E-state index >= 15 is 0 Å². The van der Waals surface area contributed by atoms with Gasteiger partial charge in [-0.2, -0.15) is 13.2 Å². The zero-order valence-electron chi connectivity index (χ0n) is 33.4. The number of urea groups is 1. The van der Waals surface area contributed by atoms with E-state index < -0.39 is 53.5 Å². The third-order valence-electron chi connectivity index (χ3n) is 12.0. The Labute approximate surface area is 346 Å². The first kappa shape index (κ1) is 43.8. The molecule has 4 amide bonds. The van der Waals surface area contributed by atoms with E-state index in [0.29, 0.717) is 51.7 Å². The molecule has 0 aromatic heterocycles. The average Bonchev–Trinajstić information content (AvgIpc) is 3.39. The van der Waals surface area contributed by atoms with Crippen molar-refractivity contribution in [3.05, 3.63) is 58.1 Å². The van der Waals surface area contributed by atoms with Crippen LogP contribution in [0.1, 0.15) is 69.1 Å². The molecule has 4 aliphatic rings. The highest BCUT2D eigenvalue weighted by atomic mass is 35.5. The Bertz CT molecular complexity index is 1880. The van der Waals surface area contributed by atoms with E-state index in [9.17, 15) is 37.1 Å². The van der Waals surface area contributed by atoms with E-state index in [1.807, 2.05) is 29.2 Å². The molecule has 0 spiro atoms. The van der Waals surface area contributed by atoms with Crippen LogP contribution in [0.2, 0.25) is 5.02 Å². The summed E-state index contributed by atoms with van der Waals surface area (Å²) < 4.78 is 58.5. The van der Waals surface area contributed by atoms with Crippen molar-refractivity contribution in [3.63, 3.8) is 0 Å². The molecule has 14 nitrogen and oxygen atoms in total. The summed E-state index contributed by atoms with van der Waals surface area (Å²) in [5.74, 6) is -1.65. The van der Waals surface area contributed by atoms with Crippen LogP contribution in [0.25, 0.3) is 0 Å². The van der Waals surface area contributed by atoms with Crippen molar-refractivity contribution in [2.24, 2.45) is 5.92 Å². The Morgan fingerprint density at radius 1 is 0.915 bits per heavy atom. The molecule has 4 aliphatic heterocycles. The van der Waals surface area contributed by atoms with Gasteiger partial charge in [-0.25, -0.2) is 9.59 Å². The predicted molar refractivity (Wildman–Crippen MR) is 211 cm³/mol. The number of hydrogen-bond donors (Lipinski definition) is 2. The molecule has 59 heavy (non-hydrogen) atoms. The number of alkyl halides is 3. The number of rotatable bonds is 10. The number of carbonyl (C=O) groups is 5. The fourth-order valence-corrected chi connectivity index (χ4v) is 8.98. The maximum Gasteiger partial charge on any atom is 0.418 e. The predicted octanol–water partition coefficient (Wildman–Crippen LogP) is 5.74. The summed E-state index contributed by atoms with van der Waals surface area (Å²) in [6.07, 6.45) is -4.77. The summed E-state index contributed by atoms with van der Waals surface area (Å²) in [5.41, 5.74) is 4.54. The first-order valence-corrected chi connectivity index (χ1v) is 20.7. The lowest BCUT2D eigenvalue weighted by molar-refractivity contribution is -0.167. The molecule has 0 aliphatic carbocycles. The largest absolute Gasteiger partial charge is 0.466 e. The van der Waals surface area contributed by atoms with Crippen LogP contribution in [0, 0.1) is 5.92 Å².